The van der Waals surface area contributed by atoms with E-state index in [-0.39, 0.29) is 11.9 Å². The van der Waals surface area contributed by atoms with Gasteiger partial charge in [0.05, 0.1) is 6.04 Å². The van der Waals surface area contributed by atoms with E-state index in [1.54, 1.807) is 6.07 Å². The molecule has 0 atom stereocenters. The van der Waals surface area contributed by atoms with Gasteiger partial charge in [-0.25, -0.2) is 0 Å². The molecule has 5 aromatic rings. The molecule has 0 aliphatic heterocycles. The van der Waals surface area contributed by atoms with Gasteiger partial charge in [0, 0.05) is 23.5 Å². The molecule has 4 aromatic carbocycles. The second kappa shape index (κ2) is 11.0. The summed E-state index contributed by atoms with van der Waals surface area (Å²) in [4.78, 5) is 17.9. The molecule has 0 aliphatic carbocycles. The van der Waals surface area contributed by atoms with Crippen LogP contribution in [0.4, 0.5) is 0 Å². The summed E-state index contributed by atoms with van der Waals surface area (Å²) >= 11 is 1.21. The van der Waals surface area contributed by atoms with E-state index < -0.39 is 0 Å². The third-order valence-corrected chi connectivity index (χ3v) is 6.48. The lowest BCUT2D eigenvalue weighted by molar-refractivity contribution is 0.0942. The maximum absolute atomic E-state index is 13.3. The van der Waals surface area contributed by atoms with Crippen molar-refractivity contribution in [3.05, 3.63) is 143 Å². The average molecular weight is 492 g/mol. The Hall–Kier alpha value is -4.29. The Balaban J connectivity index is 1.34. The van der Waals surface area contributed by atoms with Crippen LogP contribution < -0.4 is 10.1 Å². The molecule has 178 valence electrons. The molecule has 1 heterocycles. The number of hydrogen-bond acceptors (Lipinski definition) is 5. The summed E-state index contributed by atoms with van der Waals surface area (Å²) in [6.45, 7) is 1.94. The number of aryl methyl sites for hydroxylation is 1. The normalized spacial score (nSPS) is 10.8. The van der Waals surface area contributed by atoms with Gasteiger partial charge in [-0.05, 0) is 41.3 Å². The molecule has 5 rings (SSSR count). The molecule has 0 radical (unpaired) electrons. The fourth-order valence-electron chi connectivity index (χ4n) is 3.94. The number of carbonyl (C=O) groups excluding carboxylic acids is 1. The lowest BCUT2D eigenvalue weighted by Gasteiger charge is -2.20. The Morgan fingerprint density at radius 2 is 1.47 bits per heavy atom. The minimum atomic E-state index is -0.269. The number of benzene rings is 4. The van der Waals surface area contributed by atoms with Crippen molar-refractivity contribution in [3.8, 4) is 10.9 Å². The average Bonchev–Trinajstić information content (AvgIpc) is 3.36. The predicted molar refractivity (Wildman–Crippen MR) is 143 cm³/mol. The number of carbonyl (C=O) groups is 1. The molecule has 6 heteroatoms. The van der Waals surface area contributed by atoms with Gasteiger partial charge in [0.2, 0.25) is 0 Å². The van der Waals surface area contributed by atoms with Crippen LogP contribution in [0.2, 0.25) is 0 Å². The van der Waals surface area contributed by atoms with Crippen LogP contribution in [0.25, 0.3) is 0 Å². The first-order chi connectivity index (χ1) is 17.7. The van der Waals surface area contributed by atoms with Gasteiger partial charge in [0.15, 0.2) is 5.82 Å². The van der Waals surface area contributed by atoms with E-state index in [4.69, 9.17) is 4.74 Å². The number of ether oxygens (including phenoxy) is 1. The summed E-state index contributed by atoms with van der Waals surface area (Å²) in [5, 5.41) is 3.64. The van der Waals surface area contributed by atoms with E-state index in [2.05, 4.69) is 14.7 Å². The van der Waals surface area contributed by atoms with Crippen molar-refractivity contribution in [2.45, 2.75) is 19.4 Å². The molecule has 0 aliphatic rings. The maximum atomic E-state index is 13.3. The van der Waals surface area contributed by atoms with Gasteiger partial charge in [-0.1, -0.05) is 97.1 Å². The summed E-state index contributed by atoms with van der Waals surface area (Å²) in [6, 6.07) is 35.2. The Bertz CT molecular complexity index is 1400. The molecule has 5 nitrogen and oxygen atoms in total. The van der Waals surface area contributed by atoms with E-state index in [1.807, 2.05) is 110 Å². The third-order valence-electron chi connectivity index (χ3n) is 5.84. The summed E-state index contributed by atoms with van der Waals surface area (Å²) in [5.41, 5.74) is 4.60. The molecular formula is C30H25N3O2S. The molecule has 1 N–H and O–H groups in total. The van der Waals surface area contributed by atoms with Crippen molar-refractivity contribution in [2.24, 2.45) is 0 Å². The van der Waals surface area contributed by atoms with Gasteiger partial charge < -0.3 is 10.1 Å². The number of amides is 1. The highest BCUT2D eigenvalue weighted by molar-refractivity contribution is 7.07. The monoisotopic (exact) mass is 491 g/mol. The zero-order valence-electron chi connectivity index (χ0n) is 19.8. The second-order valence-electron chi connectivity index (χ2n) is 8.45. The van der Waals surface area contributed by atoms with Crippen LogP contribution in [0.1, 0.15) is 44.5 Å². The first-order valence-corrected chi connectivity index (χ1v) is 12.5. The van der Waals surface area contributed by atoms with E-state index in [0.29, 0.717) is 28.8 Å². The van der Waals surface area contributed by atoms with Gasteiger partial charge in [-0.3, -0.25) is 4.79 Å². The highest BCUT2D eigenvalue weighted by Crippen LogP contribution is 2.29. The highest BCUT2D eigenvalue weighted by Gasteiger charge is 2.19. The van der Waals surface area contributed by atoms with Gasteiger partial charge in [0.1, 0.15) is 5.75 Å². The van der Waals surface area contributed by atoms with Gasteiger partial charge in [-0.2, -0.15) is 9.36 Å². The SMILES string of the molecule is Cc1ccc(C(=O)NC(c2ccccc2)c2ccccc2)cc1Oc1nc(Cc2ccccc2)ns1. The maximum Gasteiger partial charge on any atom is 0.298 e. The molecule has 0 fully saturated rings. The minimum Gasteiger partial charge on any atom is -0.430 e. The Morgan fingerprint density at radius 1 is 0.861 bits per heavy atom. The van der Waals surface area contributed by atoms with Gasteiger partial charge >= 0.3 is 0 Å². The van der Waals surface area contributed by atoms with Crippen molar-refractivity contribution >= 4 is 17.4 Å². The molecule has 1 aromatic heterocycles. The summed E-state index contributed by atoms with van der Waals surface area (Å²) < 4.78 is 10.5. The highest BCUT2D eigenvalue weighted by atomic mass is 32.1. The molecule has 0 saturated heterocycles. The number of aromatic nitrogens is 2. The molecular weight excluding hydrogens is 466 g/mol. The number of hydrogen-bond donors (Lipinski definition) is 1. The summed E-state index contributed by atoms with van der Waals surface area (Å²) in [7, 11) is 0. The zero-order chi connectivity index (χ0) is 24.7. The van der Waals surface area contributed by atoms with Crippen molar-refractivity contribution in [2.75, 3.05) is 0 Å². The Morgan fingerprint density at radius 3 is 2.11 bits per heavy atom. The summed E-state index contributed by atoms with van der Waals surface area (Å²) in [6.07, 6.45) is 0.641. The van der Waals surface area contributed by atoms with Crippen LogP contribution in [0.3, 0.4) is 0 Å². The number of rotatable bonds is 8. The lowest BCUT2D eigenvalue weighted by Crippen LogP contribution is -2.29. The lowest BCUT2D eigenvalue weighted by atomic mass is 9.98. The fourth-order valence-corrected chi connectivity index (χ4v) is 4.50. The number of nitrogens with one attached hydrogen (secondary N) is 1. The second-order valence-corrected chi connectivity index (χ2v) is 9.16. The standard InChI is InChI=1S/C30H25N3O2S/c1-21-17-18-25(20-26(21)35-30-31-27(33-36-30)19-22-11-5-2-6-12-22)29(34)32-28(23-13-7-3-8-14-23)24-15-9-4-10-16-24/h2-18,20,28H,19H2,1H3,(H,32,34). The smallest absolute Gasteiger partial charge is 0.298 e. The quantitative estimate of drug-likeness (QED) is 0.261. The van der Waals surface area contributed by atoms with Gasteiger partial charge in [0.25, 0.3) is 11.1 Å². The minimum absolute atomic E-state index is 0.181. The first kappa shape index (κ1) is 23.5. The molecule has 0 unspecified atom stereocenters. The van der Waals surface area contributed by atoms with Gasteiger partial charge in [-0.15, -0.1) is 0 Å². The van der Waals surface area contributed by atoms with Crippen molar-refractivity contribution in [1.82, 2.24) is 14.7 Å². The van der Waals surface area contributed by atoms with Crippen LogP contribution in [0, 0.1) is 6.92 Å². The number of nitrogens with zero attached hydrogens (tertiary/aromatic N) is 2. The van der Waals surface area contributed by atoms with Crippen LogP contribution >= 0.6 is 11.5 Å². The molecule has 0 spiro atoms. The topological polar surface area (TPSA) is 64.1 Å². The van der Waals surface area contributed by atoms with Crippen molar-refractivity contribution in [1.29, 1.82) is 0 Å². The Kier molecular flexibility index (Phi) is 7.15. The fraction of sp³-hybridized carbons (Fsp3) is 0.100. The van der Waals surface area contributed by atoms with Crippen molar-refractivity contribution < 1.29 is 9.53 Å². The molecule has 0 saturated carbocycles. The van der Waals surface area contributed by atoms with Crippen LogP contribution in [0.5, 0.6) is 10.9 Å². The van der Waals surface area contributed by atoms with E-state index in [1.165, 1.54) is 11.5 Å². The zero-order valence-corrected chi connectivity index (χ0v) is 20.6. The molecule has 36 heavy (non-hydrogen) atoms. The molecule has 1 amide bonds. The van der Waals surface area contributed by atoms with Crippen LogP contribution in [0.15, 0.2) is 109 Å². The van der Waals surface area contributed by atoms with E-state index in [0.717, 1.165) is 22.3 Å². The third kappa shape index (κ3) is 5.67. The van der Waals surface area contributed by atoms with Crippen LogP contribution in [-0.4, -0.2) is 15.3 Å². The van der Waals surface area contributed by atoms with Crippen LogP contribution in [-0.2, 0) is 6.42 Å². The Labute approximate surface area is 214 Å². The predicted octanol–water partition coefficient (Wildman–Crippen LogP) is 6.75. The van der Waals surface area contributed by atoms with E-state index in [9.17, 15) is 4.79 Å². The molecule has 0 bridgehead atoms. The first-order valence-electron chi connectivity index (χ1n) is 11.7. The van der Waals surface area contributed by atoms with Crippen molar-refractivity contribution in [3.63, 3.8) is 0 Å². The largest absolute Gasteiger partial charge is 0.430 e. The van der Waals surface area contributed by atoms with E-state index >= 15 is 0 Å². The summed E-state index contributed by atoms with van der Waals surface area (Å²) in [5.74, 6) is 1.11.